The summed E-state index contributed by atoms with van der Waals surface area (Å²) < 4.78 is 5.24. The van der Waals surface area contributed by atoms with Crippen LogP contribution < -0.4 is 9.64 Å². The molecular formula is C14H17ClN2O. The van der Waals surface area contributed by atoms with Gasteiger partial charge in [0.15, 0.2) is 0 Å². The topological polar surface area (TPSA) is 25.4 Å². The Morgan fingerprint density at radius 3 is 2.89 bits per heavy atom. The molecule has 1 heterocycles. The summed E-state index contributed by atoms with van der Waals surface area (Å²) in [6.45, 7) is 0.904. The fourth-order valence-corrected chi connectivity index (χ4v) is 2.09. The van der Waals surface area contributed by atoms with E-state index in [2.05, 4.69) is 9.88 Å². The lowest BCUT2D eigenvalue weighted by Crippen LogP contribution is -2.20. The van der Waals surface area contributed by atoms with E-state index in [-0.39, 0.29) is 0 Å². The van der Waals surface area contributed by atoms with Crippen LogP contribution >= 0.6 is 11.6 Å². The third-order valence-corrected chi connectivity index (χ3v) is 3.21. The van der Waals surface area contributed by atoms with Gasteiger partial charge in [-0.05, 0) is 36.1 Å². The molecule has 0 fully saturated rings. The summed E-state index contributed by atoms with van der Waals surface area (Å²) in [7, 11) is 3.72. The summed E-state index contributed by atoms with van der Waals surface area (Å²) in [4.78, 5) is 6.59. The zero-order valence-corrected chi connectivity index (χ0v) is 11.4. The second kappa shape index (κ2) is 5.91. The highest BCUT2D eigenvalue weighted by Gasteiger charge is 2.07. The van der Waals surface area contributed by atoms with E-state index in [0.717, 1.165) is 35.3 Å². The molecule has 96 valence electrons. The minimum atomic E-state index is 0.670. The highest BCUT2D eigenvalue weighted by Crippen LogP contribution is 2.27. The lowest BCUT2D eigenvalue weighted by Gasteiger charge is -2.19. The Morgan fingerprint density at radius 2 is 2.17 bits per heavy atom. The van der Waals surface area contributed by atoms with E-state index in [1.807, 2.05) is 37.5 Å². The van der Waals surface area contributed by atoms with Crippen molar-refractivity contribution in [2.45, 2.75) is 6.42 Å². The van der Waals surface area contributed by atoms with Gasteiger partial charge in [0, 0.05) is 31.1 Å². The number of benzene rings is 1. The van der Waals surface area contributed by atoms with Crippen molar-refractivity contribution in [2.24, 2.45) is 0 Å². The van der Waals surface area contributed by atoms with Crippen LogP contribution in [0, 0.1) is 0 Å². The maximum atomic E-state index is 5.73. The third kappa shape index (κ3) is 2.67. The number of anilines is 1. The minimum absolute atomic E-state index is 0.670. The maximum absolute atomic E-state index is 5.73. The summed E-state index contributed by atoms with van der Waals surface area (Å²) in [6.07, 6.45) is 2.78. The standard InChI is InChI=1S/C14H17ClN2O/c1-17(9-3-7-15)14-13-5-4-12(18-2)10-11(13)6-8-16-14/h4-6,8,10H,3,7,9H2,1-2H3. The monoisotopic (exact) mass is 264 g/mol. The van der Waals surface area contributed by atoms with E-state index in [1.165, 1.54) is 0 Å². The lowest BCUT2D eigenvalue weighted by atomic mass is 10.1. The Hall–Kier alpha value is -1.48. The van der Waals surface area contributed by atoms with Crippen molar-refractivity contribution < 1.29 is 4.74 Å². The molecule has 2 aromatic rings. The summed E-state index contributed by atoms with van der Waals surface area (Å²) in [6, 6.07) is 8.03. The number of rotatable bonds is 5. The van der Waals surface area contributed by atoms with Crippen molar-refractivity contribution in [1.82, 2.24) is 4.98 Å². The predicted molar refractivity (Wildman–Crippen MR) is 76.9 cm³/mol. The molecule has 0 saturated carbocycles. The quantitative estimate of drug-likeness (QED) is 0.775. The molecule has 0 N–H and O–H groups in total. The second-order valence-electron chi connectivity index (χ2n) is 4.19. The molecular weight excluding hydrogens is 248 g/mol. The summed E-state index contributed by atoms with van der Waals surface area (Å²) in [5.74, 6) is 2.52. The first-order valence-corrected chi connectivity index (χ1v) is 6.49. The first-order chi connectivity index (χ1) is 8.76. The van der Waals surface area contributed by atoms with E-state index in [1.54, 1.807) is 7.11 Å². The van der Waals surface area contributed by atoms with Gasteiger partial charge < -0.3 is 9.64 Å². The third-order valence-electron chi connectivity index (χ3n) is 2.94. The fourth-order valence-electron chi connectivity index (χ4n) is 1.97. The van der Waals surface area contributed by atoms with Crippen molar-refractivity contribution >= 4 is 28.2 Å². The Kier molecular flexibility index (Phi) is 4.26. The van der Waals surface area contributed by atoms with Crippen LogP contribution in [0.3, 0.4) is 0 Å². The van der Waals surface area contributed by atoms with Crippen molar-refractivity contribution in [3.8, 4) is 5.75 Å². The number of ether oxygens (including phenoxy) is 1. The van der Waals surface area contributed by atoms with E-state index in [0.29, 0.717) is 5.88 Å². The number of hydrogen-bond acceptors (Lipinski definition) is 3. The van der Waals surface area contributed by atoms with Gasteiger partial charge in [-0.3, -0.25) is 0 Å². The van der Waals surface area contributed by atoms with E-state index >= 15 is 0 Å². The molecule has 0 amide bonds. The highest BCUT2D eigenvalue weighted by atomic mass is 35.5. The lowest BCUT2D eigenvalue weighted by molar-refractivity contribution is 0.415. The van der Waals surface area contributed by atoms with Crippen LogP contribution in [0.5, 0.6) is 5.75 Å². The number of alkyl halides is 1. The Balaban J connectivity index is 2.39. The molecule has 2 rings (SSSR count). The Labute approximate surface area is 112 Å². The molecule has 0 spiro atoms. The Bertz CT molecular complexity index is 530. The SMILES string of the molecule is COc1ccc2c(N(C)CCCCl)nccc2c1. The normalized spacial score (nSPS) is 10.6. The molecule has 3 nitrogen and oxygen atoms in total. The van der Waals surface area contributed by atoms with Crippen LogP contribution in [-0.2, 0) is 0 Å². The molecule has 0 aliphatic carbocycles. The van der Waals surface area contributed by atoms with Crippen LogP contribution in [0.4, 0.5) is 5.82 Å². The summed E-state index contributed by atoms with van der Waals surface area (Å²) in [5.41, 5.74) is 0. The van der Waals surface area contributed by atoms with Gasteiger partial charge in [0.05, 0.1) is 7.11 Å². The molecule has 0 bridgehead atoms. The largest absolute Gasteiger partial charge is 0.497 e. The Morgan fingerprint density at radius 1 is 1.33 bits per heavy atom. The molecule has 18 heavy (non-hydrogen) atoms. The van der Waals surface area contributed by atoms with E-state index in [4.69, 9.17) is 16.3 Å². The van der Waals surface area contributed by atoms with Gasteiger partial charge in [-0.15, -0.1) is 11.6 Å². The van der Waals surface area contributed by atoms with E-state index < -0.39 is 0 Å². The maximum Gasteiger partial charge on any atom is 0.136 e. The van der Waals surface area contributed by atoms with Gasteiger partial charge in [0.1, 0.15) is 11.6 Å². The molecule has 0 aliphatic rings. The van der Waals surface area contributed by atoms with Crippen LogP contribution in [0.25, 0.3) is 10.8 Å². The van der Waals surface area contributed by atoms with Crippen LogP contribution in [-0.4, -0.2) is 31.6 Å². The van der Waals surface area contributed by atoms with Crippen LogP contribution in [0.2, 0.25) is 0 Å². The minimum Gasteiger partial charge on any atom is -0.497 e. The first-order valence-electron chi connectivity index (χ1n) is 5.96. The zero-order valence-electron chi connectivity index (χ0n) is 10.7. The number of nitrogens with zero attached hydrogens (tertiary/aromatic N) is 2. The van der Waals surface area contributed by atoms with Gasteiger partial charge in [-0.25, -0.2) is 4.98 Å². The number of hydrogen-bond donors (Lipinski definition) is 0. The molecule has 1 aromatic heterocycles. The molecule has 4 heteroatoms. The molecule has 0 aliphatic heterocycles. The van der Waals surface area contributed by atoms with Crippen molar-refractivity contribution in [2.75, 3.05) is 31.5 Å². The van der Waals surface area contributed by atoms with Crippen molar-refractivity contribution in [3.05, 3.63) is 30.5 Å². The average molecular weight is 265 g/mol. The van der Waals surface area contributed by atoms with Crippen molar-refractivity contribution in [3.63, 3.8) is 0 Å². The van der Waals surface area contributed by atoms with Gasteiger partial charge in [0.2, 0.25) is 0 Å². The van der Waals surface area contributed by atoms with Crippen molar-refractivity contribution in [1.29, 1.82) is 0 Å². The number of halogens is 1. The number of fused-ring (bicyclic) bond motifs is 1. The predicted octanol–water partition coefficient (Wildman–Crippen LogP) is 3.31. The van der Waals surface area contributed by atoms with Gasteiger partial charge >= 0.3 is 0 Å². The summed E-state index contributed by atoms with van der Waals surface area (Å²) in [5, 5.41) is 2.27. The number of methoxy groups -OCH3 is 1. The van der Waals surface area contributed by atoms with E-state index in [9.17, 15) is 0 Å². The fraction of sp³-hybridized carbons (Fsp3) is 0.357. The smallest absolute Gasteiger partial charge is 0.136 e. The first kappa shape index (κ1) is 13.0. The average Bonchev–Trinajstić information content (AvgIpc) is 2.43. The second-order valence-corrected chi connectivity index (χ2v) is 4.56. The molecule has 1 aromatic carbocycles. The summed E-state index contributed by atoms with van der Waals surface area (Å²) >= 11 is 5.73. The highest BCUT2D eigenvalue weighted by molar-refractivity contribution is 6.17. The van der Waals surface area contributed by atoms with Gasteiger partial charge in [-0.1, -0.05) is 0 Å². The molecule has 0 atom stereocenters. The van der Waals surface area contributed by atoms with Gasteiger partial charge in [-0.2, -0.15) is 0 Å². The number of pyridine rings is 1. The number of aromatic nitrogens is 1. The van der Waals surface area contributed by atoms with Crippen LogP contribution in [0.1, 0.15) is 6.42 Å². The zero-order chi connectivity index (χ0) is 13.0. The molecule has 0 radical (unpaired) electrons. The molecule has 0 saturated heterocycles. The molecule has 0 unspecified atom stereocenters. The van der Waals surface area contributed by atoms with Crippen LogP contribution in [0.15, 0.2) is 30.5 Å². The van der Waals surface area contributed by atoms with Gasteiger partial charge in [0.25, 0.3) is 0 Å².